The van der Waals surface area contributed by atoms with Crippen molar-refractivity contribution in [3.05, 3.63) is 29.8 Å². The zero-order valence-corrected chi connectivity index (χ0v) is 8.71. The Bertz CT molecular complexity index is 251. The molecule has 0 unspecified atom stereocenters. The third-order valence-corrected chi connectivity index (χ3v) is 2.20. The summed E-state index contributed by atoms with van der Waals surface area (Å²) in [5.41, 5.74) is 1.25. The molecule has 0 saturated heterocycles. The second kappa shape index (κ2) is 4.90. The molecule has 13 heavy (non-hydrogen) atoms. The summed E-state index contributed by atoms with van der Waals surface area (Å²) in [7, 11) is 0. The molecule has 0 spiro atoms. The van der Waals surface area contributed by atoms with Crippen molar-refractivity contribution >= 4 is 0 Å². The highest BCUT2D eigenvalue weighted by atomic mass is 16.5. The molecule has 0 aromatic heterocycles. The summed E-state index contributed by atoms with van der Waals surface area (Å²) in [6.45, 7) is 6.40. The van der Waals surface area contributed by atoms with Crippen LogP contribution in [-0.2, 0) is 0 Å². The van der Waals surface area contributed by atoms with E-state index in [0.29, 0.717) is 6.10 Å². The molecule has 1 heteroatoms. The van der Waals surface area contributed by atoms with Gasteiger partial charge in [-0.1, -0.05) is 26.0 Å². The maximum Gasteiger partial charge on any atom is 0.119 e. The van der Waals surface area contributed by atoms with Gasteiger partial charge < -0.3 is 4.74 Å². The number of ether oxygens (including phenoxy) is 1. The van der Waals surface area contributed by atoms with Gasteiger partial charge in [0.1, 0.15) is 5.75 Å². The van der Waals surface area contributed by atoms with E-state index >= 15 is 0 Å². The fraction of sp³-hybridized carbons (Fsp3) is 0.500. The van der Waals surface area contributed by atoms with Crippen LogP contribution in [-0.4, -0.2) is 6.10 Å². The predicted molar refractivity (Wildman–Crippen MR) is 56.2 cm³/mol. The van der Waals surface area contributed by atoms with Crippen LogP contribution in [0.2, 0.25) is 0 Å². The molecule has 1 nitrogen and oxygen atoms in total. The van der Waals surface area contributed by atoms with Crippen LogP contribution in [0.4, 0.5) is 0 Å². The van der Waals surface area contributed by atoms with Crippen molar-refractivity contribution in [3.8, 4) is 5.75 Å². The molecule has 1 rings (SSSR count). The number of benzene rings is 1. The summed E-state index contributed by atoms with van der Waals surface area (Å²) in [6.07, 6.45) is 2.51. The molecule has 0 fully saturated rings. The van der Waals surface area contributed by atoms with E-state index in [-0.39, 0.29) is 0 Å². The molecular formula is C12H18O. The van der Waals surface area contributed by atoms with Crippen molar-refractivity contribution < 1.29 is 4.74 Å². The van der Waals surface area contributed by atoms with Gasteiger partial charge in [0.15, 0.2) is 0 Å². The molecule has 1 aromatic rings. The van der Waals surface area contributed by atoms with Crippen molar-refractivity contribution in [2.45, 2.75) is 39.7 Å². The van der Waals surface area contributed by atoms with Gasteiger partial charge in [-0.05, 0) is 37.5 Å². The van der Waals surface area contributed by atoms with E-state index in [9.17, 15) is 0 Å². The van der Waals surface area contributed by atoms with Crippen molar-refractivity contribution in [3.63, 3.8) is 0 Å². The largest absolute Gasteiger partial charge is 0.490 e. The molecule has 0 amide bonds. The number of hydrogen-bond donors (Lipinski definition) is 0. The average molecular weight is 178 g/mol. The first-order valence-electron chi connectivity index (χ1n) is 4.99. The van der Waals surface area contributed by atoms with Gasteiger partial charge in [0.25, 0.3) is 0 Å². The lowest BCUT2D eigenvalue weighted by molar-refractivity contribution is 0.193. The zero-order chi connectivity index (χ0) is 9.68. The molecule has 0 atom stereocenters. The van der Waals surface area contributed by atoms with Crippen molar-refractivity contribution in [2.75, 3.05) is 0 Å². The Hall–Kier alpha value is -0.980. The van der Waals surface area contributed by atoms with Gasteiger partial charge in [-0.2, -0.15) is 0 Å². The quantitative estimate of drug-likeness (QED) is 0.685. The van der Waals surface area contributed by atoms with Crippen LogP contribution >= 0.6 is 0 Å². The average Bonchev–Trinajstić information content (AvgIpc) is 2.14. The first kappa shape index (κ1) is 10.1. The normalized spacial score (nSPS) is 10.5. The summed E-state index contributed by atoms with van der Waals surface area (Å²) >= 11 is 0. The summed E-state index contributed by atoms with van der Waals surface area (Å²) < 4.78 is 5.79. The highest BCUT2D eigenvalue weighted by Gasteiger charge is 2.04. The van der Waals surface area contributed by atoms with Crippen molar-refractivity contribution in [1.82, 2.24) is 0 Å². The van der Waals surface area contributed by atoms with Gasteiger partial charge in [0.05, 0.1) is 6.10 Å². The van der Waals surface area contributed by atoms with Crippen LogP contribution < -0.4 is 4.74 Å². The van der Waals surface area contributed by atoms with E-state index in [4.69, 9.17) is 4.74 Å². The Balaban J connectivity index is 2.62. The van der Waals surface area contributed by atoms with Crippen LogP contribution in [0.5, 0.6) is 5.75 Å². The lowest BCUT2D eigenvalue weighted by Gasteiger charge is -2.15. The van der Waals surface area contributed by atoms with Gasteiger partial charge in [0.2, 0.25) is 0 Å². The van der Waals surface area contributed by atoms with E-state index in [1.54, 1.807) is 0 Å². The highest BCUT2D eigenvalue weighted by Crippen LogP contribution is 2.16. The Kier molecular flexibility index (Phi) is 3.81. The summed E-state index contributed by atoms with van der Waals surface area (Å²) in [6, 6.07) is 8.22. The second-order valence-electron chi connectivity index (χ2n) is 3.37. The van der Waals surface area contributed by atoms with Crippen LogP contribution in [0.15, 0.2) is 24.3 Å². The highest BCUT2D eigenvalue weighted by molar-refractivity contribution is 5.27. The van der Waals surface area contributed by atoms with Gasteiger partial charge in [-0.3, -0.25) is 0 Å². The minimum atomic E-state index is 0.363. The number of aryl methyl sites for hydroxylation is 1. The predicted octanol–water partition coefficient (Wildman–Crippen LogP) is 3.56. The van der Waals surface area contributed by atoms with Gasteiger partial charge in [-0.15, -0.1) is 0 Å². The van der Waals surface area contributed by atoms with Crippen LogP contribution in [0.25, 0.3) is 0 Å². The van der Waals surface area contributed by atoms with E-state index in [2.05, 4.69) is 32.9 Å². The number of hydrogen-bond acceptors (Lipinski definition) is 1. The molecule has 0 aliphatic heterocycles. The Morgan fingerprint density at radius 3 is 2.46 bits per heavy atom. The van der Waals surface area contributed by atoms with E-state index in [1.165, 1.54) is 5.56 Å². The van der Waals surface area contributed by atoms with Crippen molar-refractivity contribution in [1.29, 1.82) is 0 Å². The molecule has 0 heterocycles. The van der Waals surface area contributed by atoms with Crippen LogP contribution in [0, 0.1) is 6.92 Å². The first-order valence-corrected chi connectivity index (χ1v) is 4.99. The van der Waals surface area contributed by atoms with Crippen LogP contribution in [0.1, 0.15) is 32.3 Å². The molecule has 0 saturated carbocycles. The Morgan fingerprint density at radius 1 is 1.23 bits per heavy atom. The Morgan fingerprint density at radius 2 is 1.92 bits per heavy atom. The van der Waals surface area contributed by atoms with Crippen LogP contribution in [0.3, 0.4) is 0 Å². The minimum Gasteiger partial charge on any atom is -0.490 e. The molecule has 0 bridgehead atoms. The van der Waals surface area contributed by atoms with E-state index in [1.807, 2.05) is 12.1 Å². The smallest absolute Gasteiger partial charge is 0.119 e. The maximum absolute atomic E-state index is 5.79. The van der Waals surface area contributed by atoms with Gasteiger partial charge >= 0.3 is 0 Å². The van der Waals surface area contributed by atoms with Gasteiger partial charge in [-0.25, -0.2) is 0 Å². The molecule has 0 aliphatic rings. The Labute approximate surface area is 80.7 Å². The minimum absolute atomic E-state index is 0.363. The third-order valence-electron chi connectivity index (χ3n) is 2.20. The molecule has 1 aromatic carbocycles. The summed E-state index contributed by atoms with van der Waals surface area (Å²) in [4.78, 5) is 0. The third kappa shape index (κ3) is 3.10. The molecule has 0 radical (unpaired) electrons. The molecule has 0 N–H and O–H groups in total. The SMILES string of the molecule is CCC(CC)Oc1cccc(C)c1. The fourth-order valence-corrected chi connectivity index (χ4v) is 1.34. The summed E-state index contributed by atoms with van der Waals surface area (Å²) in [5, 5.41) is 0. The standard InChI is InChI=1S/C12H18O/c1-4-11(5-2)13-12-8-6-7-10(3)9-12/h6-9,11H,4-5H2,1-3H3. The monoisotopic (exact) mass is 178 g/mol. The second-order valence-corrected chi connectivity index (χ2v) is 3.37. The van der Waals surface area contributed by atoms with E-state index in [0.717, 1.165) is 18.6 Å². The lowest BCUT2D eigenvalue weighted by Crippen LogP contribution is -2.13. The fourth-order valence-electron chi connectivity index (χ4n) is 1.34. The first-order chi connectivity index (χ1) is 6.26. The topological polar surface area (TPSA) is 9.23 Å². The molecule has 72 valence electrons. The van der Waals surface area contributed by atoms with E-state index < -0.39 is 0 Å². The summed E-state index contributed by atoms with van der Waals surface area (Å²) in [5.74, 6) is 0.994. The maximum atomic E-state index is 5.79. The van der Waals surface area contributed by atoms with Gasteiger partial charge in [0, 0.05) is 0 Å². The lowest BCUT2D eigenvalue weighted by atomic mass is 10.2. The zero-order valence-electron chi connectivity index (χ0n) is 8.71. The van der Waals surface area contributed by atoms with Crippen molar-refractivity contribution in [2.24, 2.45) is 0 Å². The number of rotatable bonds is 4. The molecule has 0 aliphatic carbocycles. The molecular weight excluding hydrogens is 160 g/mol.